The Bertz CT molecular complexity index is 393. The maximum atomic E-state index is 11.7. The third-order valence-corrected chi connectivity index (χ3v) is 2.91. The predicted octanol–water partition coefficient (Wildman–Crippen LogP) is 1.36. The van der Waals surface area contributed by atoms with E-state index in [9.17, 15) is 4.79 Å². The van der Waals surface area contributed by atoms with Crippen LogP contribution in [0.1, 0.15) is 32.6 Å². The van der Waals surface area contributed by atoms with Gasteiger partial charge in [0.1, 0.15) is 11.6 Å². The Morgan fingerprint density at radius 1 is 1.23 bits per heavy atom. The first kappa shape index (κ1) is 20.2. The molecular weight excluding hydrogens is 284 g/mol. The molecule has 0 aliphatic rings. The van der Waals surface area contributed by atoms with Crippen LogP contribution < -0.4 is 0 Å². The number of ether oxygens (including phenoxy) is 1. The molecule has 0 fully saturated rings. The molecule has 124 valence electrons. The maximum absolute atomic E-state index is 11.7. The predicted molar refractivity (Wildman–Crippen MR) is 83.7 cm³/mol. The Kier molecular flexibility index (Phi) is 12.9. The van der Waals surface area contributed by atoms with Gasteiger partial charge in [-0.15, -0.1) is 0 Å². The molecule has 0 aromatic rings. The van der Waals surface area contributed by atoms with Gasteiger partial charge < -0.3 is 19.8 Å². The highest BCUT2D eigenvalue weighted by Crippen LogP contribution is 2.02. The summed E-state index contributed by atoms with van der Waals surface area (Å²) in [4.78, 5) is 13.4. The number of unbranched alkanes of at least 4 members (excludes halogenated alkanes) is 3. The van der Waals surface area contributed by atoms with E-state index in [0.29, 0.717) is 19.7 Å². The van der Waals surface area contributed by atoms with Gasteiger partial charge >= 0.3 is 5.97 Å². The highest BCUT2D eigenvalue weighted by Gasteiger charge is 2.09. The van der Waals surface area contributed by atoms with Gasteiger partial charge in [0.25, 0.3) is 0 Å². The summed E-state index contributed by atoms with van der Waals surface area (Å²) < 4.78 is 5.04. The van der Waals surface area contributed by atoms with Gasteiger partial charge in [0.2, 0.25) is 0 Å². The highest BCUT2D eigenvalue weighted by atomic mass is 16.5. The SMILES string of the molecule is CCCCCCOC(=O)/C(C#N)=C\C=C\N(CCO)CCO. The van der Waals surface area contributed by atoms with Crippen LogP contribution in [0, 0.1) is 11.3 Å². The second-order valence-corrected chi connectivity index (χ2v) is 4.71. The van der Waals surface area contributed by atoms with Crippen LogP contribution >= 0.6 is 0 Å². The fourth-order valence-corrected chi connectivity index (χ4v) is 1.70. The number of nitriles is 1. The van der Waals surface area contributed by atoms with Crippen molar-refractivity contribution in [2.45, 2.75) is 32.6 Å². The van der Waals surface area contributed by atoms with Gasteiger partial charge in [-0.05, 0) is 24.8 Å². The van der Waals surface area contributed by atoms with E-state index in [1.807, 2.05) is 6.07 Å². The van der Waals surface area contributed by atoms with Crippen LogP contribution in [0.3, 0.4) is 0 Å². The number of aliphatic hydroxyl groups is 2. The first-order valence-corrected chi connectivity index (χ1v) is 7.61. The van der Waals surface area contributed by atoms with Crippen LogP contribution in [-0.2, 0) is 9.53 Å². The number of rotatable bonds is 12. The van der Waals surface area contributed by atoms with E-state index < -0.39 is 5.97 Å². The van der Waals surface area contributed by atoms with Crippen molar-refractivity contribution in [1.82, 2.24) is 4.90 Å². The Morgan fingerprint density at radius 3 is 2.45 bits per heavy atom. The second kappa shape index (κ2) is 14.1. The van der Waals surface area contributed by atoms with Crippen LogP contribution in [0.25, 0.3) is 0 Å². The van der Waals surface area contributed by atoms with Gasteiger partial charge in [0, 0.05) is 13.1 Å². The van der Waals surface area contributed by atoms with E-state index in [-0.39, 0.29) is 18.8 Å². The third kappa shape index (κ3) is 9.97. The Hall–Kier alpha value is -1.84. The van der Waals surface area contributed by atoms with Crippen molar-refractivity contribution in [1.29, 1.82) is 5.26 Å². The van der Waals surface area contributed by atoms with E-state index >= 15 is 0 Å². The maximum Gasteiger partial charge on any atom is 0.348 e. The van der Waals surface area contributed by atoms with E-state index in [4.69, 9.17) is 20.2 Å². The van der Waals surface area contributed by atoms with Crippen LogP contribution in [0.2, 0.25) is 0 Å². The Morgan fingerprint density at radius 2 is 1.91 bits per heavy atom. The second-order valence-electron chi connectivity index (χ2n) is 4.71. The molecule has 2 N–H and O–H groups in total. The molecule has 22 heavy (non-hydrogen) atoms. The van der Waals surface area contributed by atoms with Crippen LogP contribution in [0.4, 0.5) is 0 Å². The molecule has 0 atom stereocenters. The zero-order valence-corrected chi connectivity index (χ0v) is 13.2. The van der Waals surface area contributed by atoms with Gasteiger partial charge in [-0.1, -0.05) is 26.2 Å². The standard InChI is InChI=1S/C16H26N2O4/c1-2-3-4-5-13-22-16(21)15(14-17)7-6-8-18(9-11-19)10-12-20/h6-8,19-20H,2-5,9-13H2,1H3/b8-6+,15-7-. The molecule has 0 saturated heterocycles. The van der Waals surface area contributed by atoms with Crippen molar-refractivity contribution in [3.05, 3.63) is 23.9 Å². The number of carbonyl (C=O) groups excluding carboxylic acids is 1. The summed E-state index contributed by atoms with van der Waals surface area (Å²) in [5.41, 5.74) is -0.0697. The van der Waals surface area contributed by atoms with Crippen molar-refractivity contribution >= 4 is 5.97 Å². The number of nitrogens with zero attached hydrogens (tertiary/aromatic N) is 2. The molecule has 0 aromatic carbocycles. The zero-order chi connectivity index (χ0) is 16.6. The minimum absolute atomic E-state index is 0.0427. The van der Waals surface area contributed by atoms with Gasteiger partial charge in [-0.25, -0.2) is 4.79 Å². The fourth-order valence-electron chi connectivity index (χ4n) is 1.70. The molecule has 0 aliphatic carbocycles. The zero-order valence-electron chi connectivity index (χ0n) is 13.2. The summed E-state index contributed by atoms with van der Waals surface area (Å²) in [7, 11) is 0. The largest absolute Gasteiger partial charge is 0.462 e. The van der Waals surface area contributed by atoms with Crippen molar-refractivity contribution < 1.29 is 19.7 Å². The molecule has 0 radical (unpaired) electrons. The molecule has 0 saturated carbocycles. The number of allylic oxidation sites excluding steroid dienone is 2. The summed E-state index contributed by atoms with van der Waals surface area (Å²) in [6, 6.07) is 1.81. The smallest absolute Gasteiger partial charge is 0.348 e. The lowest BCUT2D eigenvalue weighted by molar-refractivity contribution is -0.138. The van der Waals surface area contributed by atoms with Crippen LogP contribution in [0.15, 0.2) is 23.9 Å². The molecular formula is C16H26N2O4. The minimum Gasteiger partial charge on any atom is -0.462 e. The van der Waals surface area contributed by atoms with Gasteiger partial charge in [0.15, 0.2) is 0 Å². The van der Waals surface area contributed by atoms with E-state index in [1.54, 1.807) is 11.1 Å². The van der Waals surface area contributed by atoms with E-state index in [0.717, 1.165) is 25.7 Å². The monoisotopic (exact) mass is 310 g/mol. The molecule has 0 rings (SSSR count). The molecule has 0 bridgehead atoms. The van der Waals surface area contributed by atoms with Crippen molar-refractivity contribution in [3.8, 4) is 6.07 Å². The number of esters is 1. The van der Waals surface area contributed by atoms with Crippen molar-refractivity contribution in [3.63, 3.8) is 0 Å². The first-order valence-electron chi connectivity index (χ1n) is 7.61. The number of carbonyl (C=O) groups is 1. The lowest BCUT2D eigenvalue weighted by atomic mass is 10.2. The van der Waals surface area contributed by atoms with E-state index in [1.165, 1.54) is 12.2 Å². The van der Waals surface area contributed by atoms with Crippen LogP contribution in [0.5, 0.6) is 0 Å². The molecule has 0 heterocycles. The summed E-state index contributed by atoms with van der Waals surface area (Å²) in [5.74, 6) is -0.625. The number of aliphatic hydroxyl groups excluding tert-OH is 2. The van der Waals surface area contributed by atoms with Gasteiger partial charge in [-0.3, -0.25) is 0 Å². The first-order chi connectivity index (χ1) is 10.7. The average molecular weight is 310 g/mol. The van der Waals surface area contributed by atoms with Gasteiger partial charge in [-0.2, -0.15) is 5.26 Å². The van der Waals surface area contributed by atoms with Gasteiger partial charge in [0.05, 0.1) is 19.8 Å². The summed E-state index contributed by atoms with van der Waals surface area (Å²) >= 11 is 0. The number of hydrogen-bond acceptors (Lipinski definition) is 6. The third-order valence-electron chi connectivity index (χ3n) is 2.91. The Labute approximate surface area is 132 Å². The normalized spacial score (nSPS) is 11.5. The molecule has 0 unspecified atom stereocenters. The van der Waals surface area contributed by atoms with Crippen molar-refractivity contribution in [2.24, 2.45) is 0 Å². The highest BCUT2D eigenvalue weighted by molar-refractivity contribution is 5.93. The lowest BCUT2D eigenvalue weighted by Crippen LogP contribution is -2.24. The summed E-state index contributed by atoms with van der Waals surface area (Å²) in [6.45, 7) is 3.08. The molecule has 0 amide bonds. The minimum atomic E-state index is -0.625. The number of hydrogen-bond donors (Lipinski definition) is 2. The summed E-state index contributed by atoms with van der Waals surface area (Å²) in [6.07, 6.45) is 8.53. The topological polar surface area (TPSA) is 93.8 Å². The molecule has 0 spiro atoms. The van der Waals surface area contributed by atoms with Crippen LogP contribution in [-0.4, -0.2) is 54.0 Å². The van der Waals surface area contributed by atoms with Crippen molar-refractivity contribution in [2.75, 3.05) is 32.9 Å². The molecule has 6 nitrogen and oxygen atoms in total. The Balaban J connectivity index is 4.35. The molecule has 6 heteroatoms. The summed E-state index contributed by atoms with van der Waals surface area (Å²) in [5, 5.41) is 26.7. The fraction of sp³-hybridized carbons (Fsp3) is 0.625. The lowest BCUT2D eigenvalue weighted by Gasteiger charge is -2.16. The quantitative estimate of drug-likeness (QED) is 0.186. The average Bonchev–Trinajstić information content (AvgIpc) is 2.51. The molecule has 0 aliphatic heterocycles. The molecule has 0 aromatic heterocycles. The van der Waals surface area contributed by atoms with E-state index in [2.05, 4.69) is 6.92 Å².